The monoisotopic (exact) mass is 512 g/mol. The Morgan fingerprint density at radius 3 is 2.46 bits per heavy atom. The number of hydrogen-bond acceptors (Lipinski definition) is 8. The summed E-state index contributed by atoms with van der Waals surface area (Å²) in [5, 5.41) is 11.3. The number of rotatable bonds is 6. The van der Waals surface area contributed by atoms with E-state index in [-0.39, 0.29) is 39.4 Å². The largest absolute Gasteiger partial charge is 0.493 e. The van der Waals surface area contributed by atoms with Crippen molar-refractivity contribution in [3.8, 4) is 11.5 Å². The first kappa shape index (κ1) is 23.9. The van der Waals surface area contributed by atoms with Gasteiger partial charge in [0.1, 0.15) is 0 Å². The lowest BCUT2D eigenvalue weighted by Gasteiger charge is -2.11. The van der Waals surface area contributed by atoms with E-state index >= 15 is 0 Å². The van der Waals surface area contributed by atoms with Gasteiger partial charge < -0.3 is 14.2 Å². The van der Waals surface area contributed by atoms with Gasteiger partial charge in [0, 0.05) is 22.7 Å². The third-order valence-electron chi connectivity index (χ3n) is 4.79. The fraction of sp³-hybridized carbons (Fsp3) is 0.0417. The minimum atomic E-state index is -0.701. The van der Waals surface area contributed by atoms with Crippen LogP contribution in [0.5, 0.6) is 11.5 Å². The van der Waals surface area contributed by atoms with Gasteiger partial charge in [-0.1, -0.05) is 29.3 Å². The third kappa shape index (κ3) is 5.32. The average molecular weight is 513 g/mol. The van der Waals surface area contributed by atoms with Crippen LogP contribution >= 0.6 is 23.2 Å². The van der Waals surface area contributed by atoms with Gasteiger partial charge in [0.25, 0.3) is 5.69 Å². The maximum atomic E-state index is 12.5. The van der Waals surface area contributed by atoms with Crippen molar-refractivity contribution >= 4 is 52.8 Å². The van der Waals surface area contributed by atoms with Gasteiger partial charge >= 0.3 is 11.9 Å². The van der Waals surface area contributed by atoms with Crippen LogP contribution in [0.4, 0.5) is 5.69 Å². The second kappa shape index (κ2) is 9.96. The number of benzene rings is 3. The number of cyclic esters (lactones) is 1. The Morgan fingerprint density at radius 1 is 1.06 bits per heavy atom. The van der Waals surface area contributed by atoms with E-state index in [4.69, 9.17) is 37.4 Å². The summed E-state index contributed by atoms with van der Waals surface area (Å²) in [4.78, 5) is 39.3. The van der Waals surface area contributed by atoms with Crippen molar-refractivity contribution in [3.63, 3.8) is 0 Å². The third-order valence-corrected chi connectivity index (χ3v) is 5.34. The van der Waals surface area contributed by atoms with E-state index in [2.05, 4.69) is 4.99 Å². The van der Waals surface area contributed by atoms with E-state index in [0.29, 0.717) is 16.1 Å². The van der Waals surface area contributed by atoms with Crippen LogP contribution < -0.4 is 9.47 Å². The lowest BCUT2D eigenvalue weighted by Crippen LogP contribution is -2.10. The summed E-state index contributed by atoms with van der Waals surface area (Å²) in [5.74, 6) is -1.01. The maximum Gasteiger partial charge on any atom is 0.363 e. The van der Waals surface area contributed by atoms with Gasteiger partial charge in [-0.25, -0.2) is 14.6 Å². The number of hydrogen-bond donors (Lipinski definition) is 0. The van der Waals surface area contributed by atoms with Crippen molar-refractivity contribution in [2.75, 3.05) is 7.11 Å². The molecule has 0 spiro atoms. The molecule has 0 saturated heterocycles. The summed E-state index contributed by atoms with van der Waals surface area (Å²) < 4.78 is 15.9. The predicted octanol–water partition coefficient (Wildman–Crippen LogP) is 5.47. The molecular formula is C24H14Cl2N2O7. The van der Waals surface area contributed by atoms with E-state index in [0.717, 1.165) is 0 Å². The standard InChI is InChI=1S/C24H14Cl2N2O7/c1-33-21-11-13(2-9-20(21)34-23(29)17-8-5-15(25)12-18(17)26)10-19-24(30)35-22(27-19)14-3-6-16(7-4-14)28(31)32/h2-12H,1H3/b19-10-. The molecule has 176 valence electrons. The van der Waals surface area contributed by atoms with Crippen molar-refractivity contribution in [2.24, 2.45) is 4.99 Å². The molecule has 0 amide bonds. The van der Waals surface area contributed by atoms with Crippen LogP contribution in [0.2, 0.25) is 10.0 Å². The molecular weight excluding hydrogens is 499 g/mol. The van der Waals surface area contributed by atoms with Crippen LogP contribution in [-0.2, 0) is 9.53 Å². The second-order valence-corrected chi connectivity index (χ2v) is 7.91. The van der Waals surface area contributed by atoms with Crippen LogP contribution in [0.25, 0.3) is 6.08 Å². The fourth-order valence-electron chi connectivity index (χ4n) is 3.08. The highest BCUT2D eigenvalue weighted by atomic mass is 35.5. The minimum Gasteiger partial charge on any atom is -0.493 e. The molecule has 0 N–H and O–H groups in total. The Labute approximate surface area is 208 Å². The molecule has 0 atom stereocenters. The number of nitro groups is 1. The summed E-state index contributed by atoms with van der Waals surface area (Å²) in [6, 6.07) is 14.5. The smallest absolute Gasteiger partial charge is 0.363 e. The van der Waals surface area contributed by atoms with E-state index < -0.39 is 16.9 Å². The maximum absolute atomic E-state index is 12.5. The van der Waals surface area contributed by atoms with E-state index in [1.54, 1.807) is 12.1 Å². The summed E-state index contributed by atoms with van der Waals surface area (Å²) >= 11 is 11.9. The van der Waals surface area contributed by atoms with E-state index in [1.807, 2.05) is 0 Å². The van der Waals surface area contributed by atoms with Gasteiger partial charge in [-0.15, -0.1) is 0 Å². The molecule has 9 nitrogen and oxygen atoms in total. The minimum absolute atomic E-state index is 0.0121. The number of ether oxygens (including phenoxy) is 3. The van der Waals surface area contributed by atoms with E-state index in [9.17, 15) is 19.7 Å². The van der Waals surface area contributed by atoms with Crippen LogP contribution in [-0.4, -0.2) is 29.9 Å². The summed E-state index contributed by atoms with van der Waals surface area (Å²) in [6.45, 7) is 0. The molecule has 1 aliphatic heterocycles. The second-order valence-electron chi connectivity index (χ2n) is 7.06. The summed E-state index contributed by atoms with van der Waals surface area (Å²) in [5.41, 5.74) is 0.977. The van der Waals surface area contributed by atoms with E-state index in [1.165, 1.54) is 61.7 Å². The zero-order valence-corrected chi connectivity index (χ0v) is 19.4. The molecule has 0 unspecified atom stereocenters. The van der Waals surface area contributed by atoms with Gasteiger partial charge in [0.05, 0.1) is 22.6 Å². The van der Waals surface area contributed by atoms with Gasteiger partial charge in [0.2, 0.25) is 5.90 Å². The molecule has 0 aliphatic carbocycles. The fourth-order valence-corrected chi connectivity index (χ4v) is 3.57. The number of carbonyl (C=O) groups is 2. The molecule has 0 radical (unpaired) electrons. The highest BCUT2D eigenvalue weighted by Crippen LogP contribution is 2.31. The molecule has 1 heterocycles. The molecule has 0 saturated carbocycles. The van der Waals surface area contributed by atoms with Crippen molar-refractivity contribution in [1.82, 2.24) is 0 Å². The summed E-state index contributed by atoms with van der Waals surface area (Å²) in [7, 11) is 1.40. The van der Waals surface area contributed by atoms with Crippen molar-refractivity contribution in [2.45, 2.75) is 0 Å². The van der Waals surface area contributed by atoms with Crippen LogP contribution in [0, 0.1) is 10.1 Å². The molecule has 3 aromatic carbocycles. The number of non-ortho nitro benzene ring substituents is 1. The normalized spacial score (nSPS) is 13.9. The number of methoxy groups -OCH3 is 1. The molecule has 4 rings (SSSR count). The zero-order valence-electron chi connectivity index (χ0n) is 17.9. The Hall–Kier alpha value is -4.21. The first-order valence-electron chi connectivity index (χ1n) is 9.88. The van der Waals surface area contributed by atoms with Gasteiger partial charge in [0.15, 0.2) is 17.2 Å². The Balaban J connectivity index is 1.56. The van der Waals surface area contributed by atoms with Gasteiger partial charge in [-0.3, -0.25) is 10.1 Å². The van der Waals surface area contributed by atoms with Gasteiger partial charge in [-0.05, 0) is 54.1 Å². The van der Waals surface area contributed by atoms with Crippen molar-refractivity contribution in [1.29, 1.82) is 0 Å². The SMILES string of the molecule is COc1cc(/C=C2\N=C(c3ccc([N+](=O)[O-])cc3)OC2=O)ccc1OC(=O)c1ccc(Cl)cc1Cl. The highest BCUT2D eigenvalue weighted by molar-refractivity contribution is 6.36. The Bertz CT molecular complexity index is 1420. The van der Waals surface area contributed by atoms with Crippen LogP contribution in [0.1, 0.15) is 21.5 Å². The molecule has 1 aliphatic rings. The number of esters is 2. The number of carbonyl (C=O) groups excluding carboxylic acids is 2. The van der Waals surface area contributed by atoms with Crippen LogP contribution in [0.3, 0.4) is 0 Å². The molecule has 0 bridgehead atoms. The average Bonchev–Trinajstić information content (AvgIpc) is 3.19. The zero-order chi connectivity index (χ0) is 25.1. The number of aliphatic imine (C=N–C) groups is 1. The Kier molecular flexibility index (Phi) is 6.81. The number of nitro benzene ring substituents is 1. The van der Waals surface area contributed by atoms with Crippen molar-refractivity contribution < 1.29 is 28.7 Å². The number of halogens is 2. The topological polar surface area (TPSA) is 117 Å². The molecule has 11 heteroatoms. The molecule has 3 aromatic rings. The lowest BCUT2D eigenvalue weighted by molar-refractivity contribution is -0.384. The first-order chi connectivity index (χ1) is 16.7. The predicted molar refractivity (Wildman–Crippen MR) is 128 cm³/mol. The first-order valence-corrected chi connectivity index (χ1v) is 10.6. The quantitative estimate of drug-likeness (QED) is 0.141. The molecule has 0 aromatic heterocycles. The van der Waals surface area contributed by atoms with Gasteiger partial charge in [-0.2, -0.15) is 0 Å². The molecule has 0 fully saturated rings. The molecule has 35 heavy (non-hydrogen) atoms. The Morgan fingerprint density at radius 2 is 1.80 bits per heavy atom. The van der Waals surface area contributed by atoms with Crippen LogP contribution in [0.15, 0.2) is 71.4 Å². The number of nitrogens with zero attached hydrogens (tertiary/aromatic N) is 2. The van der Waals surface area contributed by atoms with Crippen molar-refractivity contribution in [3.05, 3.63) is 103 Å². The lowest BCUT2D eigenvalue weighted by atomic mass is 10.1. The highest BCUT2D eigenvalue weighted by Gasteiger charge is 2.25. The summed E-state index contributed by atoms with van der Waals surface area (Å²) in [6.07, 6.45) is 1.46.